The highest BCUT2D eigenvalue weighted by Crippen LogP contribution is 2.31. The lowest BCUT2D eigenvalue weighted by atomic mass is 9.91. The van der Waals surface area contributed by atoms with Crippen molar-refractivity contribution < 1.29 is 10.0 Å². The Morgan fingerprint density at radius 2 is 2.09 bits per heavy atom. The summed E-state index contributed by atoms with van der Waals surface area (Å²) in [6, 6.07) is 6.08. The first-order valence-electron chi connectivity index (χ1n) is 7.56. The van der Waals surface area contributed by atoms with Gasteiger partial charge in [-0.25, -0.2) is 10.5 Å². The number of hydroxylamine groups is 1. The molecule has 0 bridgehead atoms. The van der Waals surface area contributed by atoms with E-state index >= 15 is 0 Å². The van der Waals surface area contributed by atoms with Gasteiger partial charge >= 0.3 is 0 Å². The number of rotatable bonds is 5. The molecule has 6 nitrogen and oxygen atoms in total. The van der Waals surface area contributed by atoms with Crippen molar-refractivity contribution in [2.24, 2.45) is 0 Å². The number of aryl methyl sites for hydroxylation is 1. The van der Waals surface area contributed by atoms with E-state index in [0.717, 1.165) is 24.2 Å². The van der Waals surface area contributed by atoms with Crippen LogP contribution in [0.5, 0.6) is 0 Å². The molecule has 0 aromatic carbocycles. The van der Waals surface area contributed by atoms with Crippen LogP contribution in [-0.2, 0) is 16.6 Å². The summed E-state index contributed by atoms with van der Waals surface area (Å²) in [4.78, 5) is 15.9. The first kappa shape index (κ1) is 16.3. The number of fused-ring (bicyclic) bond motifs is 1. The van der Waals surface area contributed by atoms with Gasteiger partial charge in [0.15, 0.2) is 0 Å². The van der Waals surface area contributed by atoms with E-state index in [0.29, 0.717) is 5.82 Å². The molecule has 120 valence electrons. The highest BCUT2D eigenvalue weighted by atomic mass is 16.5. The number of imidazole rings is 1. The van der Waals surface area contributed by atoms with E-state index in [4.69, 9.17) is 5.21 Å². The molecule has 0 aliphatic rings. The molecule has 22 heavy (non-hydrogen) atoms. The van der Waals surface area contributed by atoms with Crippen LogP contribution in [0.3, 0.4) is 0 Å². The minimum Gasteiger partial charge on any atom is -0.359 e. The van der Waals surface area contributed by atoms with Crippen molar-refractivity contribution in [3.63, 3.8) is 0 Å². The Balaban J connectivity index is 2.56. The van der Waals surface area contributed by atoms with Crippen molar-refractivity contribution in [1.82, 2.24) is 14.9 Å². The van der Waals surface area contributed by atoms with E-state index in [-0.39, 0.29) is 12.0 Å². The Morgan fingerprint density at radius 3 is 2.68 bits per heavy atom. The minimum atomic E-state index is -0.495. The largest absolute Gasteiger partial charge is 0.359 e. The third-order valence-electron chi connectivity index (χ3n) is 3.48. The number of pyridine rings is 1. The molecule has 2 aromatic heterocycles. The molecule has 3 N–H and O–H groups in total. The van der Waals surface area contributed by atoms with E-state index in [1.807, 2.05) is 12.1 Å². The van der Waals surface area contributed by atoms with Crippen molar-refractivity contribution in [3.05, 3.63) is 29.6 Å². The zero-order valence-corrected chi connectivity index (χ0v) is 13.6. The predicted molar refractivity (Wildman–Crippen MR) is 86.3 cm³/mol. The third-order valence-corrected chi connectivity index (χ3v) is 3.48. The summed E-state index contributed by atoms with van der Waals surface area (Å²) >= 11 is 0. The number of aromatic nitrogens is 2. The molecule has 6 heteroatoms. The first-order valence-corrected chi connectivity index (χ1v) is 7.56. The van der Waals surface area contributed by atoms with Crippen LogP contribution in [0.2, 0.25) is 0 Å². The standard InChI is InChI=1S/C16H24N4O2/c1-5-7-11-8-6-9-12-18-15(17-10-13(21)19-22)14(20(11)12)16(2,3)4/h6,8-9,17,22H,5,7,10H2,1-4H3,(H,19,21). The smallest absolute Gasteiger partial charge is 0.262 e. The van der Waals surface area contributed by atoms with Crippen molar-refractivity contribution in [3.8, 4) is 0 Å². The fraction of sp³-hybridized carbons (Fsp3) is 0.500. The molecule has 2 rings (SSSR count). The lowest BCUT2D eigenvalue weighted by Crippen LogP contribution is -2.28. The third kappa shape index (κ3) is 3.22. The van der Waals surface area contributed by atoms with E-state index in [1.165, 1.54) is 5.69 Å². The highest BCUT2D eigenvalue weighted by Gasteiger charge is 2.25. The fourth-order valence-electron chi connectivity index (χ4n) is 2.63. The van der Waals surface area contributed by atoms with Gasteiger partial charge in [0.1, 0.15) is 11.5 Å². The van der Waals surface area contributed by atoms with E-state index in [2.05, 4.69) is 48.5 Å². The molecule has 0 unspecified atom stereocenters. The summed E-state index contributed by atoms with van der Waals surface area (Å²) in [5.41, 5.74) is 4.59. The van der Waals surface area contributed by atoms with Gasteiger partial charge < -0.3 is 5.32 Å². The molecule has 0 aliphatic heterocycles. The first-order chi connectivity index (χ1) is 10.4. The van der Waals surface area contributed by atoms with Crippen LogP contribution in [-0.4, -0.2) is 27.0 Å². The van der Waals surface area contributed by atoms with Gasteiger partial charge in [0.05, 0.1) is 12.2 Å². The Morgan fingerprint density at radius 1 is 1.36 bits per heavy atom. The number of nitrogens with one attached hydrogen (secondary N) is 2. The molecule has 0 radical (unpaired) electrons. The molecule has 0 spiro atoms. The molecular formula is C16H24N4O2. The van der Waals surface area contributed by atoms with Crippen molar-refractivity contribution >= 4 is 17.4 Å². The number of nitrogens with zero attached hydrogens (tertiary/aromatic N) is 2. The van der Waals surface area contributed by atoms with Crippen molar-refractivity contribution in [2.45, 2.75) is 46.0 Å². The maximum atomic E-state index is 11.3. The zero-order valence-electron chi connectivity index (χ0n) is 13.6. The number of amides is 1. The topological polar surface area (TPSA) is 78.7 Å². The van der Waals surface area contributed by atoms with Gasteiger partial charge in [-0.15, -0.1) is 0 Å². The van der Waals surface area contributed by atoms with Gasteiger partial charge in [-0.05, 0) is 18.6 Å². The summed E-state index contributed by atoms with van der Waals surface area (Å²) in [7, 11) is 0. The lowest BCUT2D eigenvalue weighted by molar-refractivity contribution is -0.127. The molecule has 1 amide bonds. The van der Waals surface area contributed by atoms with Gasteiger partial charge in [-0.2, -0.15) is 0 Å². The maximum Gasteiger partial charge on any atom is 0.262 e. The molecule has 2 heterocycles. The van der Waals surface area contributed by atoms with Gasteiger partial charge in [-0.1, -0.05) is 40.2 Å². The second-order valence-corrected chi connectivity index (χ2v) is 6.41. The number of hydrogen-bond donors (Lipinski definition) is 3. The molecule has 0 aliphatic carbocycles. The molecule has 0 saturated carbocycles. The molecule has 0 saturated heterocycles. The zero-order chi connectivity index (χ0) is 16.3. The van der Waals surface area contributed by atoms with Gasteiger partial charge in [0.25, 0.3) is 5.91 Å². The lowest BCUT2D eigenvalue weighted by Gasteiger charge is -2.22. The van der Waals surface area contributed by atoms with Crippen LogP contribution in [0.25, 0.3) is 5.65 Å². The van der Waals surface area contributed by atoms with Crippen molar-refractivity contribution in [2.75, 3.05) is 11.9 Å². The number of hydrogen-bond acceptors (Lipinski definition) is 4. The highest BCUT2D eigenvalue weighted by molar-refractivity contribution is 5.79. The summed E-state index contributed by atoms with van der Waals surface area (Å²) in [6.45, 7) is 8.49. The molecule has 0 fully saturated rings. The number of anilines is 1. The Bertz CT molecular complexity index is 671. The molecule has 2 aromatic rings. The average molecular weight is 304 g/mol. The van der Waals surface area contributed by atoms with Crippen LogP contribution in [0.1, 0.15) is 45.5 Å². The second kappa shape index (κ2) is 6.36. The second-order valence-electron chi connectivity index (χ2n) is 6.41. The van der Waals surface area contributed by atoms with Crippen LogP contribution in [0, 0.1) is 0 Å². The normalized spacial score (nSPS) is 11.7. The van der Waals surface area contributed by atoms with Gasteiger partial charge in [0.2, 0.25) is 0 Å². The average Bonchev–Trinajstić information content (AvgIpc) is 2.84. The van der Waals surface area contributed by atoms with Crippen molar-refractivity contribution in [1.29, 1.82) is 0 Å². The molecule has 0 atom stereocenters. The van der Waals surface area contributed by atoms with E-state index in [9.17, 15) is 4.79 Å². The van der Waals surface area contributed by atoms with Gasteiger partial charge in [-0.3, -0.25) is 14.4 Å². The summed E-state index contributed by atoms with van der Waals surface area (Å²) in [6.07, 6.45) is 2.02. The maximum absolute atomic E-state index is 11.3. The van der Waals surface area contributed by atoms with Crippen LogP contribution >= 0.6 is 0 Å². The van der Waals surface area contributed by atoms with Crippen LogP contribution < -0.4 is 10.8 Å². The van der Waals surface area contributed by atoms with Crippen LogP contribution in [0.15, 0.2) is 18.2 Å². The summed E-state index contributed by atoms with van der Waals surface area (Å²) < 4.78 is 2.17. The van der Waals surface area contributed by atoms with Gasteiger partial charge in [0, 0.05) is 11.1 Å². The summed E-state index contributed by atoms with van der Waals surface area (Å²) in [5, 5.41) is 11.7. The number of carbonyl (C=O) groups excluding carboxylic acids is 1. The Hall–Kier alpha value is -2.08. The predicted octanol–water partition coefficient (Wildman–Crippen LogP) is 2.50. The SMILES string of the molecule is CCCc1cccc2nc(NCC(=O)NO)c(C(C)(C)C)n12. The summed E-state index contributed by atoms with van der Waals surface area (Å²) in [5.74, 6) is 0.186. The van der Waals surface area contributed by atoms with Crippen LogP contribution in [0.4, 0.5) is 5.82 Å². The Kier molecular flexibility index (Phi) is 4.71. The monoisotopic (exact) mass is 304 g/mol. The fourth-order valence-corrected chi connectivity index (χ4v) is 2.63. The van der Waals surface area contributed by atoms with E-state index in [1.54, 1.807) is 5.48 Å². The number of carbonyl (C=O) groups is 1. The quantitative estimate of drug-likeness (QED) is 0.586. The molecular weight excluding hydrogens is 280 g/mol. The Labute approximate surface area is 130 Å². The minimum absolute atomic E-state index is 0.0213. The van der Waals surface area contributed by atoms with E-state index < -0.39 is 5.91 Å².